The first kappa shape index (κ1) is 22.8. The summed E-state index contributed by atoms with van der Waals surface area (Å²) >= 11 is 10.4. The molecular formula is C24H18BrClFNO3S. The van der Waals surface area contributed by atoms with Crippen LogP contribution in [0.2, 0.25) is 5.02 Å². The zero-order chi connectivity index (χ0) is 22.7. The molecule has 1 heterocycles. The molecule has 1 atom stereocenters. The fourth-order valence-electron chi connectivity index (χ4n) is 3.33. The standard InChI is InChI=1S/C24H18BrClFNO3S/c25-18-5-10-21(31-14-16-3-8-20(27)9-4-16)17(11-18)12-22-23(29)28(24(30)32-22)13-15-1-6-19(26)7-2-15/h1-11,22H,12-14H2/t22-/m0/s1. The maximum absolute atomic E-state index is 13.1. The molecule has 2 amide bonds. The van der Waals surface area contributed by atoms with Gasteiger partial charge in [-0.15, -0.1) is 0 Å². The molecule has 1 fully saturated rings. The third kappa shape index (κ3) is 5.52. The third-order valence-electron chi connectivity index (χ3n) is 4.99. The zero-order valence-corrected chi connectivity index (χ0v) is 19.9. The summed E-state index contributed by atoms with van der Waals surface area (Å²) in [6.07, 6.45) is 0.352. The van der Waals surface area contributed by atoms with Gasteiger partial charge < -0.3 is 4.74 Å². The molecule has 0 radical (unpaired) electrons. The highest BCUT2D eigenvalue weighted by Gasteiger charge is 2.39. The average molecular weight is 535 g/mol. The van der Waals surface area contributed by atoms with Crippen LogP contribution in [0.1, 0.15) is 16.7 Å². The van der Waals surface area contributed by atoms with Crippen LogP contribution in [0.25, 0.3) is 0 Å². The van der Waals surface area contributed by atoms with Crippen LogP contribution in [-0.4, -0.2) is 21.3 Å². The molecule has 4 nitrogen and oxygen atoms in total. The monoisotopic (exact) mass is 533 g/mol. The number of amides is 2. The maximum atomic E-state index is 13.1. The fraction of sp³-hybridized carbons (Fsp3) is 0.167. The molecule has 1 aliphatic rings. The smallest absolute Gasteiger partial charge is 0.289 e. The molecule has 8 heteroatoms. The van der Waals surface area contributed by atoms with Crippen LogP contribution in [0.3, 0.4) is 0 Å². The number of nitrogens with zero attached hydrogens (tertiary/aromatic N) is 1. The second-order valence-electron chi connectivity index (χ2n) is 7.29. The van der Waals surface area contributed by atoms with Gasteiger partial charge in [-0.3, -0.25) is 14.5 Å². The molecule has 0 bridgehead atoms. The highest BCUT2D eigenvalue weighted by molar-refractivity contribution is 9.10. The number of carbonyl (C=O) groups is 2. The summed E-state index contributed by atoms with van der Waals surface area (Å²) in [5, 5.41) is -0.195. The normalized spacial score (nSPS) is 16.0. The Morgan fingerprint density at radius 1 is 1.00 bits per heavy atom. The Hall–Kier alpha value is -2.35. The van der Waals surface area contributed by atoms with E-state index in [-0.39, 0.29) is 30.1 Å². The minimum absolute atomic E-state index is 0.213. The van der Waals surface area contributed by atoms with E-state index in [1.807, 2.05) is 18.2 Å². The van der Waals surface area contributed by atoms with Crippen LogP contribution < -0.4 is 4.74 Å². The van der Waals surface area contributed by atoms with Crippen molar-refractivity contribution in [2.45, 2.75) is 24.8 Å². The Kier molecular flexibility index (Phi) is 7.18. The molecular weight excluding hydrogens is 517 g/mol. The van der Waals surface area contributed by atoms with Crippen LogP contribution in [0.5, 0.6) is 5.75 Å². The van der Waals surface area contributed by atoms with Gasteiger partial charge in [0.25, 0.3) is 5.24 Å². The van der Waals surface area contributed by atoms with Crippen molar-refractivity contribution in [1.82, 2.24) is 4.90 Å². The highest BCUT2D eigenvalue weighted by atomic mass is 79.9. The SMILES string of the molecule is O=C1S[C@@H](Cc2cc(Br)ccc2OCc2ccc(F)cc2)C(=O)N1Cc1ccc(Cl)cc1. The first-order valence-electron chi connectivity index (χ1n) is 9.81. The lowest BCUT2D eigenvalue weighted by Gasteiger charge is -2.16. The fourth-order valence-corrected chi connectivity index (χ4v) is 4.88. The highest BCUT2D eigenvalue weighted by Crippen LogP contribution is 2.34. The van der Waals surface area contributed by atoms with E-state index >= 15 is 0 Å². The van der Waals surface area contributed by atoms with Gasteiger partial charge >= 0.3 is 0 Å². The van der Waals surface area contributed by atoms with Gasteiger partial charge in [0, 0.05) is 9.50 Å². The van der Waals surface area contributed by atoms with Crippen molar-refractivity contribution in [2.75, 3.05) is 0 Å². The predicted octanol–water partition coefficient (Wildman–Crippen LogP) is 6.63. The second kappa shape index (κ2) is 10.1. The topological polar surface area (TPSA) is 46.6 Å². The van der Waals surface area contributed by atoms with E-state index in [9.17, 15) is 14.0 Å². The van der Waals surface area contributed by atoms with Crippen LogP contribution in [0.4, 0.5) is 9.18 Å². The van der Waals surface area contributed by atoms with Crippen LogP contribution in [-0.2, 0) is 24.4 Å². The largest absolute Gasteiger partial charge is 0.489 e. The van der Waals surface area contributed by atoms with E-state index < -0.39 is 5.25 Å². The first-order valence-corrected chi connectivity index (χ1v) is 11.9. The van der Waals surface area contributed by atoms with E-state index in [0.29, 0.717) is 17.2 Å². The van der Waals surface area contributed by atoms with Gasteiger partial charge in [-0.2, -0.15) is 0 Å². The summed E-state index contributed by atoms with van der Waals surface area (Å²) in [4.78, 5) is 26.8. The van der Waals surface area contributed by atoms with Gasteiger partial charge in [0.05, 0.1) is 11.8 Å². The number of benzene rings is 3. The van der Waals surface area contributed by atoms with Gasteiger partial charge in [-0.1, -0.05) is 63.6 Å². The van der Waals surface area contributed by atoms with Gasteiger partial charge in [0.1, 0.15) is 18.2 Å². The summed E-state index contributed by atoms with van der Waals surface area (Å²) in [6, 6.07) is 18.7. The van der Waals surface area contributed by atoms with E-state index in [0.717, 1.165) is 32.9 Å². The summed E-state index contributed by atoms with van der Waals surface area (Å²) in [5.74, 6) is 0.0941. The molecule has 1 aliphatic heterocycles. The molecule has 32 heavy (non-hydrogen) atoms. The first-order chi connectivity index (χ1) is 15.4. The second-order valence-corrected chi connectivity index (χ2v) is 9.80. The molecule has 3 aromatic rings. The molecule has 0 N–H and O–H groups in total. The van der Waals surface area contributed by atoms with Gasteiger partial charge in [0.2, 0.25) is 5.91 Å². The van der Waals surface area contributed by atoms with Gasteiger partial charge in [-0.05, 0) is 65.6 Å². The number of hydrogen-bond acceptors (Lipinski definition) is 4. The number of imide groups is 1. The minimum atomic E-state index is -0.530. The Morgan fingerprint density at radius 2 is 1.69 bits per heavy atom. The van der Waals surface area contributed by atoms with Crippen molar-refractivity contribution in [1.29, 1.82) is 0 Å². The molecule has 1 saturated heterocycles. The number of hydrogen-bond donors (Lipinski definition) is 0. The van der Waals surface area contributed by atoms with Crippen molar-refractivity contribution in [3.8, 4) is 5.75 Å². The summed E-state index contributed by atoms with van der Waals surface area (Å²) in [6.45, 7) is 0.479. The molecule has 0 aliphatic carbocycles. The van der Waals surface area contributed by atoms with Crippen LogP contribution >= 0.6 is 39.3 Å². The number of rotatable bonds is 7. The van der Waals surface area contributed by atoms with E-state index in [1.54, 1.807) is 36.4 Å². The Morgan fingerprint density at radius 3 is 2.41 bits per heavy atom. The third-order valence-corrected chi connectivity index (χ3v) is 6.81. The van der Waals surface area contributed by atoms with Crippen molar-refractivity contribution in [2.24, 2.45) is 0 Å². The molecule has 164 valence electrons. The Labute approximate surface area is 202 Å². The van der Waals surface area contributed by atoms with Crippen LogP contribution in [0.15, 0.2) is 71.2 Å². The van der Waals surface area contributed by atoms with Crippen molar-refractivity contribution < 1.29 is 18.7 Å². The van der Waals surface area contributed by atoms with Crippen molar-refractivity contribution >= 4 is 50.4 Å². The zero-order valence-electron chi connectivity index (χ0n) is 16.8. The van der Waals surface area contributed by atoms with E-state index in [2.05, 4.69) is 15.9 Å². The Bertz CT molecular complexity index is 1140. The molecule has 0 unspecified atom stereocenters. The summed E-state index contributed by atoms with van der Waals surface area (Å²) < 4.78 is 19.9. The molecule has 0 aromatic heterocycles. The maximum Gasteiger partial charge on any atom is 0.289 e. The summed E-state index contributed by atoms with van der Waals surface area (Å²) in [5.41, 5.74) is 2.48. The number of ether oxygens (including phenoxy) is 1. The quantitative estimate of drug-likeness (QED) is 0.341. The Balaban J connectivity index is 1.46. The molecule has 4 rings (SSSR count). The minimum Gasteiger partial charge on any atom is -0.489 e. The van der Waals surface area contributed by atoms with Gasteiger partial charge in [0.15, 0.2) is 0 Å². The van der Waals surface area contributed by atoms with Gasteiger partial charge in [-0.25, -0.2) is 4.39 Å². The lowest BCUT2D eigenvalue weighted by atomic mass is 10.1. The lowest BCUT2D eigenvalue weighted by molar-refractivity contribution is -0.127. The van der Waals surface area contributed by atoms with Crippen molar-refractivity contribution in [3.05, 3.63) is 98.7 Å². The van der Waals surface area contributed by atoms with Crippen molar-refractivity contribution in [3.63, 3.8) is 0 Å². The number of carbonyl (C=O) groups excluding carboxylic acids is 2. The lowest BCUT2D eigenvalue weighted by Crippen LogP contribution is -2.31. The molecule has 0 spiro atoms. The number of halogens is 3. The van der Waals surface area contributed by atoms with Crippen LogP contribution in [0, 0.1) is 5.82 Å². The average Bonchev–Trinajstić information content (AvgIpc) is 3.03. The number of thioether (sulfide) groups is 1. The summed E-state index contributed by atoms with van der Waals surface area (Å²) in [7, 11) is 0. The predicted molar refractivity (Wildman–Crippen MR) is 127 cm³/mol. The molecule has 3 aromatic carbocycles. The molecule has 0 saturated carbocycles. The van der Waals surface area contributed by atoms with E-state index in [1.165, 1.54) is 17.0 Å². The van der Waals surface area contributed by atoms with E-state index in [4.69, 9.17) is 16.3 Å².